The number of carbonyl (C=O) groups is 1. The zero-order valence-corrected chi connectivity index (χ0v) is 9.36. The molecule has 1 saturated heterocycles. The van der Waals surface area contributed by atoms with Crippen LogP contribution in [0.15, 0.2) is 0 Å². The van der Waals surface area contributed by atoms with E-state index in [1.165, 1.54) is 0 Å². The van der Waals surface area contributed by atoms with Crippen LogP contribution in [0.4, 0.5) is 0 Å². The molecule has 0 aromatic rings. The van der Waals surface area contributed by atoms with Gasteiger partial charge in [0.05, 0.1) is 5.92 Å². The van der Waals surface area contributed by atoms with Gasteiger partial charge in [0.1, 0.15) is 0 Å². The normalized spacial score (nSPS) is 29.4. The summed E-state index contributed by atoms with van der Waals surface area (Å²) in [7, 11) is 2.04. The lowest BCUT2D eigenvalue weighted by molar-refractivity contribution is -0.146. The van der Waals surface area contributed by atoms with Gasteiger partial charge in [-0.1, -0.05) is 13.8 Å². The molecule has 0 aromatic heterocycles. The lowest BCUT2D eigenvalue weighted by Crippen LogP contribution is -2.46. The molecular weight excluding hydrogens is 178 g/mol. The summed E-state index contributed by atoms with van der Waals surface area (Å²) in [6.45, 7) is 5.35. The first kappa shape index (κ1) is 11.5. The second-order valence-corrected chi connectivity index (χ2v) is 4.76. The van der Waals surface area contributed by atoms with Gasteiger partial charge in [0.2, 0.25) is 0 Å². The molecule has 1 rings (SSSR count). The van der Waals surface area contributed by atoms with Gasteiger partial charge in [0.15, 0.2) is 0 Å². The number of likely N-dealkylation sites (tertiary alicyclic amines) is 1. The first-order valence-corrected chi connectivity index (χ1v) is 5.45. The van der Waals surface area contributed by atoms with Crippen molar-refractivity contribution in [2.45, 2.75) is 39.2 Å². The highest BCUT2D eigenvalue weighted by atomic mass is 16.4. The molecule has 1 fully saturated rings. The maximum absolute atomic E-state index is 11.1. The fourth-order valence-electron chi connectivity index (χ4n) is 2.34. The largest absolute Gasteiger partial charge is 0.481 e. The third-order valence-electron chi connectivity index (χ3n) is 3.09. The molecule has 3 nitrogen and oxygen atoms in total. The Bertz CT molecular complexity index is 203. The Balaban J connectivity index is 2.65. The second-order valence-electron chi connectivity index (χ2n) is 4.76. The summed E-state index contributed by atoms with van der Waals surface area (Å²) >= 11 is 0. The molecule has 2 unspecified atom stereocenters. The van der Waals surface area contributed by atoms with Crippen molar-refractivity contribution in [2.24, 2.45) is 11.8 Å². The van der Waals surface area contributed by atoms with E-state index in [1.807, 2.05) is 7.05 Å². The number of hydrogen-bond donors (Lipinski definition) is 1. The van der Waals surface area contributed by atoms with Gasteiger partial charge in [0, 0.05) is 6.04 Å². The molecular formula is C11H21NO2. The average molecular weight is 199 g/mol. The highest BCUT2D eigenvalue weighted by molar-refractivity contribution is 5.71. The van der Waals surface area contributed by atoms with Crippen LogP contribution in [-0.2, 0) is 4.79 Å². The highest BCUT2D eigenvalue weighted by Gasteiger charge is 2.34. The van der Waals surface area contributed by atoms with E-state index in [0.717, 1.165) is 25.8 Å². The van der Waals surface area contributed by atoms with Crippen molar-refractivity contribution in [2.75, 3.05) is 13.6 Å². The highest BCUT2D eigenvalue weighted by Crippen LogP contribution is 2.27. The number of aliphatic carboxylic acids is 1. The van der Waals surface area contributed by atoms with Gasteiger partial charge in [-0.3, -0.25) is 4.79 Å². The van der Waals surface area contributed by atoms with Crippen LogP contribution in [0.2, 0.25) is 0 Å². The van der Waals surface area contributed by atoms with Crippen LogP contribution in [0.1, 0.15) is 33.1 Å². The van der Waals surface area contributed by atoms with E-state index in [-0.39, 0.29) is 12.0 Å². The van der Waals surface area contributed by atoms with Crippen LogP contribution in [0.25, 0.3) is 0 Å². The second kappa shape index (κ2) is 4.78. The third-order valence-corrected chi connectivity index (χ3v) is 3.09. The van der Waals surface area contributed by atoms with Gasteiger partial charge >= 0.3 is 5.97 Å². The first-order valence-electron chi connectivity index (χ1n) is 5.45. The number of nitrogens with zero attached hydrogens (tertiary/aromatic N) is 1. The molecule has 0 aliphatic carbocycles. The summed E-state index contributed by atoms with van der Waals surface area (Å²) in [5.41, 5.74) is 0. The van der Waals surface area contributed by atoms with Crippen molar-refractivity contribution in [3.05, 3.63) is 0 Å². The van der Waals surface area contributed by atoms with Gasteiger partial charge < -0.3 is 10.0 Å². The van der Waals surface area contributed by atoms with Crippen LogP contribution in [0, 0.1) is 11.8 Å². The van der Waals surface area contributed by atoms with E-state index in [1.54, 1.807) is 0 Å². The van der Waals surface area contributed by atoms with E-state index in [0.29, 0.717) is 5.92 Å². The molecule has 1 heterocycles. The van der Waals surface area contributed by atoms with Gasteiger partial charge in [-0.25, -0.2) is 0 Å². The summed E-state index contributed by atoms with van der Waals surface area (Å²) < 4.78 is 0. The van der Waals surface area contributed by atoms with Gasteiger partial charge in [-0.15, -0.1) is 0 Å². The van der Waals surface area contributed by atoms with Crippen molar-refractivity contribution in [1.29, 1.82) is 0 Å². The molecule has 0 radical (unpaired) electrons. The Morgan fingerprint density at radius 1 is 1.57 bits per heavy atom. The standard InChI is InChI=1S/C11H21NO2/c1-8(2)7-10-9(11(13)14)5-4-6-12(10)3/h8-10H,4-7H2,1-3H3,(H,13,14). The maximum atomic E-state index is 11.1. The molecule has 0 spiro atoms. The molecule has 14 heavy (non-hydrogen) atoms. The number of rotatable bonds is 3. The molecule has 82 valence electrons. The molecule has 0 aromatic carbocycles. The molecule has 0 amide bonds. The lowest BCUT2D eigenvalue weighted by Gasteiger charge is -2.38. The zero-order valence-electron chi connectivity index (χ0n) is 9.36. The summed E-state index contributed by atoms with van der Waals surface area (Å²) in [6.07, 6.45) is 2.85. The maximum Gasteiger partial charge on any atom is 0.308 e. The fraction of sp³-hybridized carbons (Fsp3) is 0.909. The Morgan fingerprint density at radius 3 is 2.71 bits per heavy atom. The van der Waals surface area contributed by atoms with Crippen LogP contribution in [0.3, 0.4) is 0 Å². The zero-order chi connectivity index (χ0) is 10.7. The number of carboxylic acids is 1. The lowest BCUT2D eigenvalue weighted by atomic mass is 9.84. The smallest absolute Gasteiger partial charge is 0.308 e. The summed E-state index contributed by atoms with van der Waals surface area (Å²) in [6, 6.07) is 0.237. The van der Waals surface area contributed by atoms with Gasteiger partial charge in [-0.05, 0) is 38.8 Å². The SMILES string of the molecule is CC(C)CC1C(C(=O)O)CCCN1C. The van der Waals surface area contributed by atoms with E-state index < -0.39 is 5.97 Å². The van der Waals surface area contributed by atoms with Crippen LogP contribution in [-0.4, -0.2) is 35.6 Å². The topological polar surface area (TPSA) is 40.5 Å². The monoisotopic (exact) mass is 199 g/mol. The van der Waals surface area contributed by atoms with Crippen LogP contribution in [0.5, 0.6) is 0 Å². The van der Waals surface area contributed by atoms with Crippen molar-refractivity contribution < 1.29 is 9.90 Å². The van der Waals surface area contributed by atoms with E-state index in [4.69, 9.17) is 5.11 Å². The minimum atomic E-state index is -0.623. The number of carboxylic acid groups (broad SMARTS) is 1. The number of hydrogen-bond acceptors (Lipinski definition) is 2. The molecule has 3 heteroatoms. The molecule has 0 bridgehead atoms. The third kappa shape index (κ3) is 2.71. The molecule has 1 N–H and O–H groups in total. The predicted molar refractivity (Wildman–Crippen MR) is 56.2 cm³/mol. The van der Waals surface area contributed by atoms with Crippen LogP contribution >= 0.6 is 0 Å². The Hall–Kier alpha value is -0.570. The van der Waals surface area contributed by atoms with Crippen molar-refractivity contribution in [3.63, 3.8) is 0 Å². The summed E-state index contributed by atoms with van der Waals surface area (Å²) in [5, 5.41) is 9.11. The Kier molecular flexibility index (Phi) is 3.93. The van der Waals surface area contributed by atoms with Gasteiger partial charge in [-0.2, -0.15) is 0 Å². The van der Waals surface area contributed by atoms with E-state index >= 15 is 0 Å². The quantitative estimate of drug-likeness (QED) is 0.754. The molecule has 0 saturated carbocycles. The van der Waals surface area contributed by atoms with E-state index in [2.05, 4.69) is 18.7 Å². The molecule has 1 aliphatic heterocycles. The predicted octanol–water partition coefficient (Wildman–Crippen LogP) is 1.83. The van der Waals surface area contributed by atoms with Gasteiger partial charge in [0.25, 0.3) is 0 Å². The number of piperidine rings is 1. The minimum Gasteiger partial charge on any atom is -0.481 e. The minimum absolute atomic E-state index is 0.156. The molecule has 1 aliphatic rings. The molecule has 2 atom stereocenters. The van der Waals surface area contributed by atoms with Crippen molar-refractivity contribution in [1.82, 2.24) is 4.90 Å². The fourth-order valence-corrected chi connectivity index (χ4v) is 2.34. The van der Waals surface area contributed by atoms with E-state index in [9.17, 15) is 4.79 Å². The van der Waals surface area contributed by atoms with Crippen molar-refractivity contribution in [3.8, 4) is 0 Å². The first-order chi connectivity index (χ1) is 6.52. The van der Waals surface area contributed by atoms with Crippen LogP contribution < -0.4 is 0 Å². The average Bonchev–Trinajstić information content (AvgIpc) is 2.07. The van der Waals surface area contributed by atoms with Crippen molar-refractivity contribution >= 4 is 5.97 Å². The Labute approximate surface area is 86.1 Å². The summed E-state index contributed by atoms with van der Waals surface area (Å²) in [4.78, 5) is 13.3. The Morgan fingerprint density at radius 2 is 2.21 bits per heavy atom. The summed E-state index contributed by atoms with van der Waals surface area (Å²) in [5.74, 6) is -0.208.